The average Bonchev–Trinajstić information content (AvgIpc) is 2.47. The summed E-state index contributed by atoms with van der Waals surface area (Å²) in [7, 11) is 0. The van der Waals surface area contributed by atoms with Crippen LogP contribution >= 0.6 is 15.9 Å². The first-order chi connectivity index (χ1) is 10.1. The second kappa shape index (κ2) is 5.41. The molecule has 0 fully saturated rings. The number of nitrogens with one attached hydrogen (secondary N) is 1. The molecule has 3 aromatic rings. The van der Waals surface area contributed by atoms with E-state index >= 15 is 0 Å². The van der Waals surface area contributed by atoms with Crippen LogP contribution in [0.2, 0.25) is 0 Å². The molecule has 0 aliphatic heterocycles. The number of aryl methyl sites for hydroxylation is 1. The minimum Gasteiger partial charge on any atom is -0.337 e. The molecule has 0 amide bonds. The van der Waals surface area contributed by atoms with E-state index in [2.05, 4.69) is 26.2 Å². The molecule has 21 heavy (non-hydrogen) atoms. The summed E-state index contributed by atoms with van der Waals surface area (Å²) in [6.07, 6.45) is 1.63. The van der Waals surface area contributed by atoms with Crippen LogP contribution in [0.5, 0.6) is 0 Å². The molecule has 2 nitrogen and oxygen atoms in total. The first-order valence-electron chi connectivity index (χ1n) is 6.32. The van der Waals surface area contributed by atoms with E-state index in [0.717, 1.165) is 39.0 Å². The van der Waals surface area contributed by atoms with Crippen LogP contribution in [-0.2, 0) is 0 Å². The zero-order chi connectivity index (χ0) is 15.0. The number of aromatic nitrogens is 1. The molecular formula is C16H11BrF2N2. The molecule has 1 heterocycles. The lowest BCUT2D eigenvalue weighted by atomic mass is 10.1. The summed E-state index contributed by atoms with van der Waals surface area (Å²) in [4.78, 5) is 4.25. The van der Waals surface area contributed by atoms with E-state index in [9.17, 15) is 8.78 Å². The van der Waals surface area contributed by atoms with Crippen molar-refractivity contribution in [2.75, 3.05) is 5.32 Å². The van der Waals surface area contributed by atoms with E-state index in [0.29, 0.717) is 5.82 Å². The Bertz CT molecular complexity index is 834. The lowest BCUT2D eigenvalue weighted by molar-refractivity contribution is 0.603. The van der Waals surface area contributed by atoms with Crippen LogP contribution in [0.3, 0.4) is 0 Å². The van der Waals surface area contributed by atoms with Gasteiger partial charge in [-0.15, -0.1) is 0 Å². The van der Waals surface area contributed by atoms with Crippen molar-refractivity contribution in [3.05, 3.63) is 64.3 Å². The van der Waals surface area contributed by atoms with Crippen molar-refractivity contribution in [3.8, 4) is 0 Å². The van der Waals surface area contributed by atoms with Gasteiger partial charge in [-0.25, -0.2) is 13.8 Å². The summed E-state index contributed by atoms with van der Waals surface area (Å²) in [5, 5.41) is 4.71. The molecule has 2 aromatic carbocycles. The lowest BCUT2D eigenvalue weighted by Crippen LogP contribution is -1.99. The molecule has 0 aliphatic rings. The second-order valence-electron chi connectivity index (χ2n) is 4.70. The third-order valence-electron chi connectivity index (χ3n) is 3.26. The highest BCUT2D eigenvalue weighted by molar-refractivity contribution is 9.10. The van der Waals surface area contributed by atoms with E-state index in [1.807, 2.05) is 25.1 Å². The molecule has 1 aromatic heterocycles. The van der Waals surface area contributed by atoms with Crippen LogP contribution < -0.4 is 5.32 Å². The molecular weight excluding hydrogens is 338 g/mol. The zero-order valence-electron chi connectivity index (χ0n) is 11.1. The Morgan fingerprint density at radius 2 is 1.90 bits per heavy atom. The zero-order valence-corrected chi connectivity index (χ0v) is 12.7. The van der Waals surface area contributed by atoms with Crippen molar-refractivity contribution in [1.29, 1.82) is 0 Å². The number of rotatable bonds is 2. The molecule has 0 bridgehead atoms. The first-order valence-corrected chi connectivity index (χ1v) is 7.11. The molecule has 0 spiro atoms. The molecule has 1 N–H and O–H groups in total. The third-order valence-corrected chi connectivity index (χ3v) is 3.96. The molecule has 0 atom stereocenters. The Kier molecular flexibility index (Phi) is 3.59. The van der Waals surface area contributed by atoms with Crippen molar-refractivity contribution in [1.82, 2.24) is 4.98 Å². The van der Waals surface area contributed by atoms with E-state index in [4.69, 9.17) is 0 Å². The predicted molar refractivity (Wildman–Crippen MR) is 83.8 cm³/mol. The van der Waals surface area contributed by atoms with Gasteiger partial charge in [0, 0.05) is 27.5 Å². The van der Waals surface area contributed by atoms with Gasteiger partial charge in [-0.1, -0.05) is 22.0 Å². The maximum atomic E-state index is 13.8. The monoisotopic (exact) mass is 348 g/mol. The van der Waals surface area contributed by atoms with E-state index in [1.54, 1.807) is 6.20 Å². The molecule has 0 radical (unpaired) electrons. The minimum absolute atomic E-state index is 0.0642. The molecule has 0 saturated carbocycles. The van der Waals surface area contributed by atoms with Gasteiger partial charge in [0.2, 0.25) is 0 Å². The van der Waals surface area contributed by atoms with Crippen molar-refractivity contribution >= 4 is 38.2 Å². The topological polar surface area (TPSA) is 24.9 Å². The Balaban J connectivity index is 2.17. The number of hydrogen-bond donors (Lipinski definition) is 1. The van der Waals surface area contributed by atoms with E-state index in [-0.39, 0.29) is 5.69 Å². The van der Waals surface area contributed by atoms with Gasteiger partial charge in [0.05, 0.1) is 5.69 Å². The van der Waals surface area contributed by atoms with Crippen LogP contribution in [-0.4, -0.2) is 4.98 Å². The van der Waals surface area contributed by atoms with Gasteiger partial charge in [-0.2, -0.15) is 0 Å². The highest BCUT2D eigenvalue weighted by Gasteiger charge is 2.11. The summed E-state index contributed by atoms with van der Waals surface area (Å²) in [6.45, 7) is 1.95. The maximum absolute atomic E-state index is 13.8. The number of pyridine rings is 1. The molecule has 0 unspecified atom stereocenters. The first kappa shape index (κ1) is 13.9. The van der Waals surface area contributed by atoms with E-state index < -0.39 is 11.6 Å². The molecule has 0 saturated heterocycles. The number of benzene rings is 2. The second-order valence-corrected chi connectivity index (χ2v) is 5.55. The highest BCUT2D eigenvalue weighted by Crippen LogP contribution is 2.32. The van der Waals surface area contributed by atoms with Crippen LogP contribution in [0.15, 0.2) is 47.1 Å². The van der Waals surface area contributed by atoms with Crippen molar-refractivity contribution in [2.45, 2.75) is 6.92 Å². The fourth-order valence-corrected chi connectivity index (χ4v) is 2.71. The number of fused-ring (bicyclic) bond motifs is 1. The van der Waals surface area contributed by atoms with Crippen LogP contribution in [0.25, 0.3) is 10.8 Å². The maximum Gasteiger partial charge on any atom is 0.146 e. The van der Waals surface area contributed by atoms with Gasteiger partial charge < -0.3 is 5.32 Å². The van der Waals surface area contributed by atoms with Gasteiger partial charge in [0.1, 0.15) is 17.5 Å². The molecule has 106 valence electrons. The number of nitrogens with zero attached hydrogens (tertiary/aromatic N) is 1. The molecule has 3 rings (SSSR count). The normalized spacial score (nSPS) is 10.9. The van der Waals surface area contributed by atoms with E-state index in [1.165, 1.54) is 0 Å². The highest BCUT2D eigenvalue weighted by atomic mass is 79.9. The predicted octanol–water partition coefficient (Wildman–Crippen LogP) is 5.33. The summed E-state index contributed by atoms with van der Waals surface area (Å²) < 4.78 is 28.0. The number of anilines is 2. The number of halogens is 3. The Hall–Kier alpha value is -2.01. The van der Waals surface area contributed by atoms with Gasteiger partial charge >= 0.3 is 0 Å². The van der Waals surface area contributed by atoms with Gasteiger partial charge in [-0.05, 0) is 36.8 Å². The van der Waals surface area contributed by atoms with Crippen molar-refractivity contribution < 1.29 is 8.78 Å². The van der Waals surface area contributed by atoms with Gasteiger partial charge in [0.15, 0.2) is 0 Å². The Morgan fingerprint density at radius 3 is 2.71 bits per heavy atom. The van der Waals surface area contributed by atoms with Gasteiger partial charge in [0.25, 0.3) is 0 Å². The summed E-state index contributed by atoms with van der Waals surface area (Å²) in [5.41, 5.74) is 1.06. The standard InChI is InChI=1S/C16H11BrF2N2/c1-9-2-4-12(17)11-6-7-20-16(15(9)11)21-14-8-10(18)3-5-13(14)19/h2-8H,1H3,(H,20,21). The fraction of sp³-hybridized carbons (Fsp3) is 0.0625. The molecule has 0 aliphatic carbocycles. The largest absolute Gasteiger partial charge is 0.337 e. The average molecular weight is 349 g/mol. The van der Waals surface area contributed by atoms with Crippen LogP contribution in [0, 0.1) is 18.6 Å². The fourth-order valence-electron chi connectivity index (χ4n) is 2.25. The SMILES string of the molecule is Cc1ccc(Br)c2ccnc(Nc3cc(F)ccc3F)c12. The van der Waals surface area contributed by atoms with Gasteiger partial charge in [-0.3, -0.25) is 0 Å². The third kappa shape index (κ3) is 2.61. The molecule has 5 heteroatoms. The number of hydrogen-bond acceptors (Lipinski definition) is 2. The van der Waals surface area contributed by atoms with Crippen molar-refractivity contribution in [3.63, 3.8) is 0 Å². The Morgan fingerprint density at radius 1 is 1.10 bits per heavy atom. The Labute approximate surface area is 129 Å². The van der Waals surface area contributed by atoms with Crippen molar-refractivity contribution in [2.24, 2.45) is 0 Å². The van der Waals surface area contributed by atoms with Crippen LogP contribution in [0.4, 0.5) is 20.3 Å². The lowest BCUT2D eigenvalue weighted by Gasteiger charge is -2.12. The summed E-state index contributed by atoms with van der Waals surface area (Å²) >= 11 is 3.49. The van der Waals surface area contributed by atoms with Crippen LogP contribution in [0.1, 0.15) is 5.56 Å². The smallest absolute Gasteiger partial charge is 0.146 e. The quantitative estimate of drug-likeness (QED) is 0.677. The summed E-state index contributed by atoms with van der Waals surface area (Å²) in [5.74, 6) is -0.532. The minimum atomic E-state index is -0.525. The summed E-state index contributed by atoms with van der Waals surface area (Å²) in [6, 6.07) is 9.05.